The molecule has 0 saturated heterocycles. The number of methoxy groups -OCH3 is 3. The first-order valence-corrected chi connectivity index (χ1v) is 14.5. The van der Waals surface area contributed by atoms with Crippen LogP contribution in [0.1, 0.15) is 65.4 Å². The van der Waals surface area contributed by atoms with Crippen LogP contribution in [-0.4, -0.2) is 70.9 Å². The van der Waals surface area contributed by atoms with Crippen molar-refractivity contribution in [3.05, 3.63) is 23.8 Å². The van der Waals surface area contributed by atoms with E-state index in [2.05, 4.69) is 25.2 Å². The van der Waals surface area contributed by atoms with Crippen molar-refractivity contribution >= 4 is 5.91 Å². The van der Waals surface area contributed by atoms with E-state index in [-0.39, 0.29) is 29.1 Å². The van der Waals surface area contributed by atoms with Crippen LogP contribution in [0.25, 0.3) is 0 Å². The number of benzene rings is 1. The van der Waals surface area contributed by atoms with E-state index >= 15 is 0 Å². The van der Waals surface area contributed by atoms with Crippen LogP contribution in [0.4, 0.5) is 0 Å². The topological polar surface area (TPSA) is 112 Å². The highest BCUT2D eigenvalue weighted by atomic mass is 16.5. The Balaban J connectivity index is 1.98. The molecule has 0 radical (unpaired) electrons. The molecule has 0 spiro atoms. The van der Waals surface area contributed by atoms with Crippen LogP contribution < -0.4 is 20.5 Å². The average Bonchev–Trinajstić information content (AvgIpc) is 3.67. The monoisotopic (exact) mass is 550 g/mol. The maximum Gasteiger partial charge on any atom is 0.223 e. The zero-order chi connectivity index (χ0) is 29.0. The molecule has 39 heavy (non-hydrogen) atoms. The summed E-state index contributed by atoms with van der Waals surface area (Å²) in [5.74, 6) is 1.87. The van der Waals surface area contributed by atoms with Crippen LogP contribution >= 0.6 is 0 Å². The number of nitrogens with two attached hydrogens (primary N) is 1. The molecular formula is C31H54N2O6. The van der Waals surface area contributed by atoms with Crippen LogP contribution in [-0.2, 0) is 20.7 Å². The zero-order valence-corrected chi connectivity index (χ0v) is 25.3. The van der Waals surface area contributed by atoms with Crippen LogP contribution in [0, 0.1) is 29.1 Å². The molecule has 8 heteroatoms. The molecule has 1 amide bonds. The Bertz CT molecular complexity index is 857. The fourth-order valence-corrected chi connectivity index (χ4v) is 5.12. The smallest absolute Gasteiger partial charge is 0.223 e. The number of nitrogens with one attached hydrogen (secondary N) is 1. The van der Waals surface area contributed by atoms with E-state index in [4.69, 9.17) is 24.7 Å². The van der Waals surface area contributed by atoms with Gasteiger partial charge in [0.05, 0.1) is 26.4 Å². The van der Waals surface area contributed by atoms with Crippen molar-refractivity contribution in [1.82, 2.24) is 5.32 Å². The summed E-state index contributed by atoms with van der Waals surface area (Å²) in [7, 11) is 5.02. The normalized spacial score (nSPS) is 17.5. The van der Waals surface area contributed by atoms with Crippen LogP contribution in [0.3, 0.4) is 0 Å². The van der Waals surface area contributed by atoms with E-state index in [0.29, 0.717) is 50.9 Å². The van der Waals surface area contributed by atoms with Crippen LogP contribution in [0.2, 0.25) is 0 Å². The fourth-order valence-electron chi connectivity index (χ4n) is 5.12. The lowest BCUT2D eigenvalue weighted by Gasteiger charge is -2.30. The van der Waals surface area contributed by atoms with Gasteiger partial charge >= 0.3 is 0 Å². The highest BCUT2D eigenvalue weighted by molar-refractivity contribution is 5.79. The molecule has 224 valence electrons. The average molecular weight is 551 g/mol. The molecule has 2 rings (SSSR count). The minimum absolute atomic E-state index is 0.00435. The quantitative estimate of drug-likeness (QED) is 0.209. The SMILES string of the molecule is COCCCOc1cc(C[C@@H](C[C@H](N)[C@@H](O)C[C@H](C(=O)NCC2(COC)CC2)C(C)C)C(C)C)ccc1OC. The van der Waals surface area contributed by atoms with E-state index < -0.39 is 12.1 Å². The predicted octanol–water partition coefficient (Wildman–Crippen LogP) is 4.21. The molecule has 1 aromatic carbocycles. The fraction of sp³-hybridized carbons (Fsp3) is 0.774. The molecule has 8 nitrogen and oxygen atoms in total. The van der Waals surface area contributed by atoms with E-state index in [1.165, 1.54) is 0 Å². The van der Waals surface area contributed by atoms with E-state index in [9.17, 15) is 9.90 Å². The van der Waals surface area contributed by atoms with Gasteiger partial charge < -0.3 is 35.1 Å². The first-order valence-electron chi connectivity index (χ1n) is 14.5. The second kappa shape index (κ2) is 16.4. The Kier molecular flexibility index (Phi) is 14.0. The summed E-state index contributed by atoms with van der Waals surface area (Å²) < 4.78 is 21.9. The standard InChI is InChI=1S/C31H54N2O6/c1-21(2)24(15-23-9-10-28(38-7)29(16-23)39-14-8-13-36-5)17-26(32)27(34)18-25(22(3)4)30(35)33-19-31(11-12-31)20-37-6/h9-10,16,21-22,24-27,34H,8,11-15,17-20,32H2,1-7H3,(H,33,35)/t24-,25-,26-,27-/m0/s1. The number of carbonyl (C=O) groups excluding carboxylic acids is 1. The number of rotatable bonds is 20. The second-order valence-electron chi connectivity index (χ2n) is 12.1. The third-order valence-corrected chi connectivity index (χ3v) is 8.17. The van der Waals surface area contributed by atoms with Gasteiger partial charge in [-0.1, -0.05) is 33.8 Å². The van der Waals surface area contributed by atoms with Crippen LogP contribution in [0.15, 0.2) is 18.2 Å². The summed E-state index contributed by atoms with van der Waals surface area (Å²) in [5.41, 5.74) is 7.79. The third-order valence-electron chi connectivity index (χ3n) is 8.17. The van der Waals surface area contributed by atoms with Crippen molar-refractivity contribution < 1.29 is 28.8 Å². The third kappa shape index (κ3) is 10.9. The molecule has 1 fully saturated rings. The van der Waals surface area contributed by atoms with Crippen molar-refractivity contribution in [3.8, 4) is 11.5 Å². The van der Waals surface area contributed by atoms with E-state index in [1.807, 2.05) is 26.0 Å². The first kappa shape index (κ1) is 33.3. The molecular weight excluding hydrogens is 496 g/mol. The molecule has 4 atom stereocenters. The Morgan fingerprint density at radius 2 is 1.74 bits per heavy atom. The first-order chi connectivity index (χ1) is 18.6. The Morgan fingerprint density at radius 1 is 1.03 bits per heavy atom. The number of carbonyl (C=O) groups is 1. The summed E-state index contributed by atoms with van der Waals surface area (Å²) in [4.78, 5) is 13.1. The number of amides is 1. The predicted molar refractivity (Wildman–Crippen MR) is 155 cm³/mol. The van der Waals surface area contributed by atoms with Crippen molar-refractivity contribution in [1.29, 1.82) is 0 Å². The largest absolute Gasteiger partial charge is 0.493 e. The maximum atomic E-state index is 13.1. The van der Waals surface area contributed by atoms with Crippen molar-refractivity contribution in [3.63, 3.8) is 0 Å². The van der Waals surface area contributed by atoms with Gasteiger partial charge in [0.2, 0.25) is 5.91 Å². The Labute approximate surface area is 236 Å². The van der Waals surface area contributed by atoms with Gasteiger partial charge in [-0.15, -0.1) is 0 Å². The minimum Gasteiger partial charge on any atom is -0.493 e. The van der Waals surface area contributed by atoms with Gasteiger partial charge in [-0.05, 0) is 67.6 Å². The molecule has 0 heterocycles. The second-order valence-corrected chi connectivity index (χ2v) is 12.1. The van der Waals surface area contributed by atoms with Gasteiger partial charge in [0.15, 0.2) is 11.5 Å². The number of hydrogen-bond donors (Lipinski definition) is 3. The molecule has 0 unspecified atom stereocenters. The number of ether oxygens (including phenoxy) is 4. The molecule has 1 aromatic rings. The van der Waals surface area contributed by atoms with E-state index in [0.717, 1.165) is 37.0 Å². The van der Waals surface area contributed by atoms with Gasteiger partial charge in [-0.3, -0.25) is 4.79 Å². The van der Waals surface area contributed by atoms with Crippen molar-refractivity contribution in [2.24, 2.45) is 34.8 Å². The van der Waals surface area contributed by atoms with Gasteiger partial charge in [0.25, 0.3) is 0 Å². The molecule has 1 aliphatic carbocycles. The highest BCUT2D eigenvalue weighted by Gasteiger charge is 2.43. The van der Waals surface area contributed by atoms with Crippen molar-refractivity contribution in [2.45, 2.75) is 78.4 Å². The van der Waals surface area contributed by atoms with Crippen molar-refractivity contribution in [2.75, 3.05) is 47.7 Å². The Hall–Kier alpha value is -1.87. The Morgan fingerprint density at radius 3 is 2.31 bits per heavy atom. The summed E-state index contributed by atoms with van der Waals surface area (Å²) in [6.07, 6.45) is 4.03. The van der Waals surface area contributed by atoms with Gasteiger partial charge in [0, 0.05) is 51.2 Å². The van der Waals surface area contributed by atoms with Crippen LogP contribution in [0.5, 0.6) is 11.5 Å². The lowest BCUT2D eigenvalue weighted by Crippen LogP contribution is -2.44. The maximum absolute atomic E-state index is 13.1. The number of hydrogen-bond acceptors (Lipinski definition) is 7. The summed E-state index contributed by atoms with van der Waals surface area (Å²) in [6.45, 7) is 10.9. The lowest BCUT2D eigenvalue weighted by atomic mass is 9.80. The molecule has 0 bridgehead atoms. The molecule has 0 aromatic heterocycles. The number of aliphatic hydroxyl groups excluding tert-OH is 1. The number of aliphatic hydroxyl groups is 1. The minimum atomic E-state index is -0.756. The van der Waals surface area contributed by atoms with Gasteiger partial charge in [-0.25, -0.2) is 0 Å². The van der Waals surface area contributed by atoms with Gasteiger partial charge in [0.1, 0.15) is 0 Å². The molecule has 0 aliphatic heterocycles. The molecule has 4 N–H and O–H groups in total. The zero-order valence-electron chi connectivity index (χ0n) is 25.3. The summed E-state index contributed by atoms with van der Waals surface area (Å²) in [6, 6.07) is 5.63. The highest BCUT2D eigenvalue weighted by Crippen LogP contribution is 2.45. The molecule has 1 aliphatic rings. The lowest BCUT2D eigenvalue weighted by molar-refractivity contribution is -0.128. The molecule has 1 saturated carbocycles. The van der Waals surface area contributed by atoms with Gasteiger partial charge in [-0.2, -0.15) is 0 Å². The summed E-state index contributed by atoms with van der Waals surface area (Å²) in [5, 5.41) is 14.2. The van der Waals surface area contributed by atoms with E-state index in [1.54, 1.807) is 21.3 Å². The summed E-state index contributed by atoms with van der Waals surface area (Å²) >= 11 is 0.